The number of amides is 2. The van der Waals surface area contributed by atoms with E-state index in [2.05, 4.69) is 42.3 Å². The van der Waals surface area contributed by atoms with Crippen LogP contribution in [0.5, 0.6) is 17.2 Å². The fraction of sp³-hybridized carbons (Fsp3) is 0.211. The van der Waals surface area contributed by atoms with Crippen molar-refractivity contribution in [2.75, 3.05) is 18.4 Å². The number of phenolic OH excluding ortho intramolecular Hbond substituents is 1. The van der Waals surface area contributed by atoms with E-state index >= 15 is 0 Å². The number of nitrogens with zero attached hydrogens (tertiary/aromatic N) is 2. The standard InChI is InChI=1S/C19H17Br2N3O5/c20-14-7-11(23-17(26)10-22-28)8-15(21)18(14)29-12-3-4-16(25)13(9-12)19(27)24-5-1-2-6-24/h3-4,7-10,25,28H,1-2,5-6H2,(H,23,26)/b22-10+. The van der Waals surface area contributed by atoms with E-state index in [9.17, 15) is 14.7 Å². The lowest BCUT2D eigenvalue weighted by Crippen LogP contribution is -2.27. The van der Waals surface area contributed by atoms with Crippen LogP contribution in [0.15, 0.2) is 44.4 Å². The summed E-state index contributed by atoms with van der Waals surface area (Å²) in [5, 5.41) is 23.7. The molecule has 1 fully saturated rings. The Balaban J connectivity index is 1.83. The van der Waals surface area contributed by atoms with Crippen molar-refractivity contribution in [3.63, 3.8) is 0 Å². The highest BCUT2D eigenvalue weighted by atomic mass is 79.9. The lowest BCUT2D eigenvalue weighted by molar-refractivity contribution is -0.110. The largest absolute Gasteiger partial charge is 0.507 e. The number of ether oxygens (including phenoxy) is 1. The molecule has 2 amide bonds. The Morgan fingerprint density at radius 1 is 1.14 bits per heavy atom. The second kappa shape index (κ2) is 9.27. The van der Waals surface area contributed by atoms with Crippen molar-refractivity contribution < 1.29 is 24.6 Å². The van der Waals surface area contributed by atoms with Crippen molar-refractivity contribution in [1.29, 1.82) is 0 Å². The third-order valence-electron chi connectivity index (χ3n) is 4.25. The van der Waals surface area contributed by atoms with Crippen LogP contribution in [0.4, 0.5) is 5.69 Å². The monoisotopic (exact) mass is 525 g/mol. The lowest BCUT2D eigenvalue weighted by Gasteiger charge is -2.17. The first-order valence-electron chi connectivity index (χ1n) is 8.66. The number of aromatic hydroxyl groups is 1. The number of hydrogen-bond donors (Lipinski definition) is 3. The van der Waals surface area contributed by atoms with Gasteiger partial charge in [-0.3, -0.25) is 9.59 Å². The van der Waals surface area contributed by atoms with Gasteiger partial charge in [-0.1, -0.05) is 5.16 Å². The van der Waals surface area contributed by atoms with Gasteiger partial charge in [-0.05, 0) is 75.0 Å². The number of carbonyl (C=O) groups excluding carboxylic acids is 2. The highest BCUT2D eigenvalue weighted by Gasteiger charge is 2.23. The van der Waals surface area contributed by atoms with Crippen LogP contribution < -0.4 is 10.1 Å². The van der Waals surface area contributed by atoms with E-state index < -0.39 is 5.91 Å². The van der Waals surface area contributed by atoms with Crippen molar-refractivity contribution in [2.24, 2.45) is 5.16 Å². The molecule has 2 aromatic rings. The minimum Gasteiger partial charge on any atom is -0.507 e. The number of nitrogens with one attached hydrogen (secondary N) is 1. The molecular weight excluding hydrogens is 510 g/mol. The van der Waals surface area contributed by atoms with Gasteiger partial charge < -0.3 is 25.3 Å². The molecule has 0 aromatic heterocycles. The zero-order valence-corrected chi connectivity index (χ0v) is 18.2. The number of hydrogen-bond acceptors (Lipinski definition) is 6. The van der Waals surface area contributed by atoms with Gasteiger partial charge in [-0.2, -0.15) is 0 Å². The Hall–Kier alpha value is -2.59. The van der Waals surface area contributed by atoms with Gasteiger partial charge in [-0.15, -0.1) is 0 Å². The van der Waals surface area contributed by atoms with Crippen LogP contribution in [0, 0.1) is 0 Å². The van der Waals surface area contributed by atoms with Crippen molar-refractivity contribution in [2.45, 2.75) is 12.8 Å². The van der Waals surface area contributed by atoms with Crippen LogP contribution in [-0.2, 0) is 4.79 Å². The van der Waals surface area contributed by atoms with Crippen LogP contribution in [0.3, 0.4) is 0 Å². The van der Waals surface area contributed by atoms with Crippen LogP contribution >= 0.6 is 31.9 Å². The number of benzene rings is 2. The summed E-state index contributed by atoms with van der Waals surface area (Å²) in [4.78, 5) is 25.8. The van der Waals surface area contributed by atoms with E-state index in [1.165, 1.54) is 12.1 Å². The molecule has 3 rings (SSSR count). The molecular formula is C19H17Br2N3O5. The lowest BCUT2D eigenvalue weighted by atomic mass is 10.1. The fourth-order valence-corrected chi connectivity index (χ4v) is 4.26. The van der Waals surface area contributed by atoms with E-state index in [0.717, 1.165) is 19.1 Å². The average Bonchev–Trinajstić information content (AvgIpc) is 3.20. The Morgan fingerprint density at radius 3 is 2.41 bits per heavy atom. The summed E-state index contributed by atoms with van der Waals surface area (Å²) in [5.74, 6) is -0.133. The summed E-state index contributed by atoms with van der Waals surface area (Å²) >= 11 is 6.77. The van der Waals surface area contributed by atoms with Crippen molar-refractivity contribution in [1.82, 2.24) is 4.90 Å². The van der Waals surface area contributed by atoms with Gasteiger partial charge in [-0.25, -0.2) is 0 Å². The van der Waals surface area contributed by atoms with Gasteiger partial charge in [0.1, 0.15) is 17.7 Å². The molecule has 152 valence electrons. The number of oxime groups is 1. The number of phenols is 1. The average molecular weight is 527 g/mol. The molecule has 8 nitrogen and oxygen atoms in total. The molecule has 2 aromatic carbocycles. The van der Waals surface area contributed by atoms with Gasteiger partial charge in [0.2, 0.25) is 0 Å². The van der Waals surface area contributed by atoms with E-state index in [0.29, 0.717) is 39.2 Å². The van der Waals surface area contributed by atoms with E-state index in [1.807, 2.05) is 0 Å². The molecule has 0 spiro atoms. The number of halogens is 2. The quantitative estimate of drug-likeness (QED) is 0.305. The molecule has 0 radical (unpaired) electrons. The maximum absolute atomic E-state index is 12.6. The molecule has 0 aliphatic carbocycles. The Bertz CT molecular complexity index is 951. The summed E-state index contributed by atoms with van der Waals surface area (Å²) in [6.45, 7) is 1.35. The molecule has 1 aliphatic rings. The smallest absolute Gasteiger partial charge is 0.270 e. The minimum atomic E-state index is -0.594. The highest BCUT2D eigenvalue weighted by molar-refractivity contribution is 9.11. The van der Waals surface area contributed by atoms with Crippen LogP contribution in [0.25, 0.3) is 0 Å². The molecule has 1 heterocycles. The first-order valence-corrected chi connectivity index (χ1v) is 10.2. The number of carbonyl (C=O) groups is 2. The summed E-state index contributed by atoms with van der Waals surface area (Å²) in [6.07, 6.45) is 2.65. The van der Waals surface area contributed by atoms with E-state index in [1.54, 1.807) is 23.1 Å². The fourth-order valence-electron chi connectivity index (χ4n) is 2.91. The molecule has 0 bridgehead atoms. The molecule has 1 aliphatic heterocycles. The van der Waals surface area contributed by atoms with Crippen LogP contribution in [-0.4, -0.2) is 46.3 Å². The van der Waals surface area contributed by atoms with Crippen molar-refractivity contribution >= 4 is 55.6 Å². The predicted molar refractivity (Wildman–Crippen MR) is 114 cm³/mol. The van der Waals surface area contributed by atoms with Gasteiger partial charge in [0.15, 0.2) is 5.75 Å². The maximum atomic E-state index is 12.6. The topological polar surface area (TPSA) is 111 Å². The summed E-state index contributed by atoms with van der Waals surface area (Å²) in [5.41, 5.74) is 0.625. The van der Waals surface area contributed by atoms with E-state index in [-0.39, 0.29) is 17.2 Å². The Morgan fingerprint density at radius 2 is 1.79 bits per heavy atom. The van der Waals surface area contributed by atoms with Crippen LogP contribution in [0.1, 0.15) is 23.2 Å². The molecule has 0 atom stereocenters. The van der Waals surface area contributed by atoms with Gasteiger partial charge in [0, 0.05) is 18.8 Å². The number of likely N-dealkylation sites (tertiary alicyclic amines) is 1. The SMILES string of the molecule is O=C(/C=N/O)Nc1cc(Br)c(Oc2ccc(O)c(C(=O)N3CCCC3)c2)c(Br)c1. The highest BCUT2D eigenvalue weighted by Crippen LogP contribution is 2.40. The van der Waals surface area contributed by atoms with Crippen molar-refractivity contribution in [3.05, 3.63) is 44.8 Å². The minimum absolute atomic E-state index is 0.101. The molecule has 10 heteroatoms. The molecule has 3 N–H and O–H groups in total. The molecule has 29 heavy (non-hydrogen) atoms. The third-order valence-corrected chi connectivity index (χ3v) is 5.43. The van der Waals surface area contributed by atoms with Gasteiger partial charge in [0.25, 0.3) is 11.8 Å². The summed E-state index contributed by atoms with van der Waals surface area (Å²) < 4.78 is 6.96. The number of anilines is 1. The first-order chi connectivity index (χ1) is 13.9. The van der Waals surface area contributed by atoms with Crippen molar-refractivity contribution in [3.8, 4) is 17.2 Å². The van der Waals surface area contributed by atoms with Gasteiger partial charge in [0.05, 0.1) is 14.5 Å². The first kappa shape index (κ1) is 21.1. The van der Waals surface area contributed by atoms with Gasteiger partial charge >= 0.3 is 0 Å². The van der Waals surface area contributed by atoms with E-state index in [4.69, 9.17) is 9.94 Å². The normalized spacial score (nSPS) is 13.7. The third kappa shape index (κ3) is 5.07. The zero-order chi connectivity index (χ0) is 21.0. The summed E-state index contributed by atoms with van der Waals surface area (Å²) in [6, 6.07) is 7.70. The summed E-state index contributed by atoms with van der Waals surface area (Å²) in [7, 11) is 0. The van der Waals surface area contributed by atoms with Crippen LogP contribution in [0.2, 0.25) is 0 Å². The predicted octanol–water partition coefficient (Wildman–Crippen LogP) is 4.34. The molecule has 1 saturated heterocycles. The Labute approximate surface area is 183 Å². The second-order valence-electron chi connectivity index (χ2n) is 6.28. The maximum Gasteiger partial charge on any atom is 0.270 e. The second-order valence-corrected chi connectivity index (χ2v) is 7.99. The number of rotatable bonds is 5. The zero-order valence-electron chi connectivity index (χ0n) is 15.1. The Kier molecular flexibility index (Phi) is 6.75. The molecule has 0 unspecified atom stereocenters. The molecule has 0 saturated carbocycles.